The summed E-state index contributed by atoms with van der Waals surface area (Å²) >= 11 is 0. The lowest BCUT2D eigenvalue weighted by Crippen LogP contribution is -2.37. The molecule has 0 bridgehead atoms. The Bertz CT molecular complexity index is 1420. The van der Waals surface area contributed by atoms with Crippen molar-refractivity contribution in [2.24, 2.45) is 0 Å². The largest absolute Gasteiger partial charge is 0.378 e. The minimum Gasteiger partial charge on any atom is -0.378 e. The molecular weight excluding hydrogens is 508 g/mol. The number of fused-ring (bicyclic) bond motifs is 2. The summed E-state index contributed by atoms with van der Waals surface area (Å²) in [5.74, 6) is 2.84. The summed E-state index contributed by atoms with van der Waals surface area (Å²) in [6, 6.07) is 9.38. The Balaban J connectivity index is 1.29. The Morgan fingerprint density at radius 1 is 1.05 bits per heavy atom. The third-order valence-corrected chi connectivity index (χ3v) is 9.53. The molecule has 1 aliphatic heterocycles. The lowest BCUT2D eigenvalue weighted by molar-refractivity contribution is 0.0880. The molecule has 0 radical (unpaired) electrons. The maximum absolute atomic E-state index is 6.15. The SMILES string of the molecule is C[Si](C)(C)CCOCn1c(CNc2nc(N3CCOCC3)nc3c(C4CCCC4)cnn23)nc2ccccc21. The zero-order valence-electron chi connectivity index (χ0n) is 23.4. The zero-order chi connectivity index (χ0) is 26.8. The molecule has 0 spiro atoms. The molecule has 4 aromatic rings. The maximum atomic E-state index is 6.15. The Morgan fingerprint density at radius 3 is 2.64 bits per heavy atom. The molecule has 3 aromatic heterocycles. The molecule has 11 heteroatoms. The third kappa shape index (κ3) is 5.80. The van der Waals surface area contributed by atoms with E-state index in [1.807, 2.05) is 16.8 Å². The monoisotopic (exact) mass is 548 g/mol. The van der Waals surface area contributed by atoms with Gasteiger partial charge in [-0.15, -0.1) is 0 Å². The number of ether oxygens (including phenoxy) is 2. The van der Waals surface area contributed by atoms with Gasteiger partial charge in [0.1, 0.15) is 12.6 Å². The highest BCUT2D eigenvalue weighted by molar-refractivity contribution is 6.76. The van der Waals surface area contributed by atoms with Crippen molar-refractivity contribution in [2.45, 2.75) is 70.6 Å². The van der Waals surface area contributed by atoms with Crippen LogP contribution in [0.2, 0.25) is 25.7 Å². The van der Waals surface area contributed by atoms with Crippen LogP contribution in [0.4, 0.5) is 11.9 Å². The molecular formula is C28H40N8O2Si. The maximum Gasteiger partial charge on any atom is 0.230 e. The molecule has 1 saturated heterocycles. The van der Waals surface area contributed by atoms with Crippen molar-refractivity contribution >= 4 is 36.7 Å². The van der Waals surface area contributed by atoms with E-state index in [9.17, 15) is 0 Å². The molecule has 2 fully saturated rings. The van der Waals surface area contributed by atoms with Crippen molar-refractivity contribution in [1.82, 2.24) is 29.1 Å². The van der Waals surface area contributed by atoms with Crippen LogP contribution in [0.25, 0.3) is 16.7 Å². The van der Waals surface area contributed by atoms with Gasteiger partial charge in [-0.25, -0.2) is 4.98 Å². The van der Waals surface area contributed by atoms with E-state index in [4.69, 9.17) is 29.5 Å². The number of aromatic nitrogens is 6. The standard InChI is InChI=1S/C28H40N8O2Si/c1-39(2,3)17-16-38-20-35-24-11-7-6-10-23(24)31-25(35)19-29-27-33-28(34-12-14-37-15-13-34)32-26-22(18-30-36(26)27)21-8-4-5-9-21/h6-7,10-11,18,21H,4-5,8-9,12-17,19-20H2,1-3H3,(H,29,32,33). The van der Waals surface area contributed by atoms with Crippen molar-refractivity contribution in [3.63, 3.8) is 0 Å². The number of imidazole rings is 1. The van der Waals surface area contributed by atoms with Crippen molar-refractivity contribution in [1.29, 1.82) is 0 Å². The second kappa shape index (κ2) is 11.2. The van der Waals surface area contributed by atoms with Crippen LogP contribution < -0.4 is 10.2 Å². The van der Waals surface area contributed by atoms with Crippen LogP contribution in [0.15, 0.2) is 30.5 Å². The number of benzene rings is 1. The lowest BCUT2D eigenvalue weighted by atomic mass is 10.0. The van der Waals surface area contributed by atoms with Crippen LogP contribution in [-0.4, -0.2) is 70.1 Å². The average Bonchev–Trinajstić information content (AvgIpc) is 3.68. The predicted molar refractivity (Wildman–Crippen MR) is 156 cm³/mol. The molecule has 1 aliphatic carbocycles. The molecule has 1 saturated carbocycles. The van der Waals surface area contributed by atoms with E-state index >= 15 is 0 Å². The van der Waals surface area contributed by atoms with Crippen LogP contribution in [0.3, 0.4) is 0 Å². The first-order valence-electron chi connectivity index (χ1n) is 14.3. The number of morpholine rings is 1. The fourth-order valence-corrected chi connectivity index (χ4v) is 6.28. The van der Waals surface area contributed by atoms with Gasteiger partial charge in [-0.05, 0) is 36.9 Å². The molecule has 1 N–H and O–H groups in total. The summed E-state index contributed by atoms with van der Waals surface area (Å²) in [4.78, 5) is 17.1. The van der Waals surface area contributed by atoms with E-state index in [1.165, 1.54) is 31.2 Å². The first-order valence-corrected chi connectivity index (χ1v) is 18.0. The van der Waals surface area contributed by atoms with Gasteiger partial charge in [0, 0.05) is 33.3 Å². The van der Waals surface area contributed by atoms with Crippen molar-refractivity contribution < 1.29 is 9.47 Å². The second-order valence-corrected chi connectivity index (χ2v) is 17.5. The van der Waals surface area contributed by atoms with Gasteiger partial charge in [0.15, 0.2) is 5.65 Å². The van der Waals surface area contributed by atoms with Crippen molar-refractivity contribution in [3.8, 4) is 0 Å². The van der Waals surface area contributed by atoms with E-state index in [1.54, 1.807) is 0 Å². The fraction of sp³-hybridized carbons (Fsp3) is 0.571. The Kier molecular flexibility index (Phi) is 7.54. The van der Waals surface area contributed by atoms with E-state index in [-0.39, 0.29) is 0 Å². The summed E-state index contributed by atoms with van der Waals surface area (Å²) in [5.41, 5.74) is 4.18. The summed E-state index contributed by atoms with van der Waals surface area (Å²) < 4.78 is 15.8. The topological polar surface area (TPSA) is 94.6 Å². The predicted octanol–water partition coefficient (Wildman–Crippen LogP) is 4.89. The molecule has 10 nitrogen and oxygen atoms in total. The third-order valence-electron chi connectivity index (χ3n) is 7.83. The Hall–Kier alpha value is -3.02. The highest BCUT2D eigenvalue weighted by atomic mass is 28.3. The minimum absolute atomic E-state index is 0.480. The molecule has 0 amide bonds. The van der Waals surface area contributed by atoms with E-state index in [2.05, 4.69) is 52.6 Å². The Morgan fingerprint density at radius 2 is 1.85 bits per heavy atom. The highest BCUT2D eigenvalue weighted by Crippen LogP contribution is 2.36. The molecule has 0 unspecified atom stereocenters. The number of rotatable bonds is 10. The summed E-state index contributed by atoms with van der Waals surface area (Å²) in [6.45, 7) is 11.8. The van der Waals surface area contributed by atoms with Gasteiger partial charge in [-0.1, -0.05) is 44.6 Å². The number of hydrogen-bond acceptors (Lipinski definition) is 8. The number of para-hydroxylation sites is 2. The van der Waals surface area contributed by atoms with Gasteiger partial charge >= 0.3 is 0 Å². The van der Waals surface area contributed by atoms with Crippen LogP contribution in [-0.2, 0) is 22.7 Å². The van der Waals surface area contributed by atoms with E-state index < -0.39 is 8.07 Å². The number of nitrogens with one attached hydrogen (secondary N) is 1. The van der Waals surface area contributed by atoms with E-state index in [0.717, 1.165) is 54.2 Å². The summed E-state index contributed by atoms with van der Waals surface area (Å²) in [6.07, 6.45) is 6.93. The Labute approximate surface area is 230 Å². The summed E-state index contributed by atoms with van der Waals surface area (Å²) in [5, 5.41) is 8.31. The van der Waals surface area contributed by atoms with Gasteiger partial charge in [0.25, 0.3) is 0 Å². The minimum atomic E-state index is -1.16. The summed E-state index contributed by atoms with van der Waals surface area (Å²) in [7, 11) is -1.16. The van der Waals surface area contributed by atoms with Crippen molar-refractivity contribution in [2.75, 3.05) is 43.1 Å². The first kappa shape index (κ1) is 26.2. The number of hydrogen-bond donors (Lipinski definition) is 1. The van der Waals surface area contributed by atoms with Crippen LogP contribution in [0.5, 0.6) is 0 Å². The first-order chi connectivity index (χ1) is 19.0. The van der Waals surface area contributed by atoms with E-state index in [0.29, 0.717) is 38.4 Å². The van der Waals surface area contributed by atoms with Gasteiger partial charge in [0.2, 0.25) is 11.9 Å². The van der Waals surface area contributed by atoms with Crippen LogP contribution >= 0.6 is 0 Å². The average molecular weight is 549 g/mol. The normalized spacial score (nSPS) is 17.1. The molecule has 2 aliphatic rings. The van der Waals surface area contributed by atoms with Gasteiger partial charge in [-0.2, -0.15) is 19.6 Å². The highest BCUT2D eigenvalue weighted by Gasteiger charge is 2.25. The lowest BCUT2D eigenvalue weighted by Gasteiger charge is -2.27. The van der Waals surface area contributed by atoms with Gasteiger partial charge in [-0.3, -0.25) is 0 Å². The zero-order valence-corrected chi connectivity index (χ0v) is 24.4. The number of nitrogens with zero attached hydrogens (tertiary/aromatic N) is 7. The van der Waals surface area contributed by atoms with Crippen LogP contribution in [0, 0.1) is 0 Å². The molecule has 4 heterocycles. The number of anilines is 2. The van der Waals surface area contributed by atoms with Gasteiger partial charge in [0.05, 0.1) is 37.0 Å². The molecule has 0 atom stereocenters. The molecule has 1 aromatic carbocycles. The van der Waals surface area contributed by atoms with Crippen LogP contribution in [0.1, 0.15) is 43.0 Å². The van der Waals surface area contributed by atoms with Gasteiger partial charge < -0.3 is 24.3 Å². The fourth-order valence-electron chi connectivity index (χ4n) is 5.52. The van der Waals surface area contributed by atoms with Crippen molar-refractivity contribution in [3.05, 3.63) is 41.9 Å². The quantitative estimate of drug-likeness (QED) is 0.221. The smallest absolute Gasteiger partial charge is 0.230 e. The molecule has 6 rings (SSSR count). The molecule has 208 valence electrons. The second-order valence-electron chi connectivity index (χ2n) is 11.9. The molecule has 39 heavy (non-hydrogen) atoms.